The van der Waals surface area contributed by atoms with E-state index in [0.717, 1.165) is 45.6 Å². The number of piperazine rings is 1. The van der Waals surface area contributed by atoms with Crippen LogP contribution in [0.1, 0.15) is 12.0 Å². The van der Waals surface area contributed by atoms with E-state index in [1.54, 1.807) is 12.1 Å². The molecule has 0 aromatic heterocycles. The minimum absolute atomic E-state index is 0.183. The van der Waals surface area contributed by atoms with Gasteiger partial charge in [0.15, 0.2) is 0 Å². The highest BCUT2D eigenvalue weighted by atomic mass is 35.5. The smallest absolute Gasteiger partial charge is 0.127 e. The van der Waals surface area contributed by atoms with Crippen LogP contribution < -0.4 is 5.32 Å². The minimum Gasteiger partial charge on any atom is -0.314 e. The second-order valence-electron chi connectivity index (χ2n) is 4.40. The summed E-state index contributed by atoms with van der Waals surface area (Å²) < 4.78 is 13.5. The molecule has 0 aliphatic carbocycles. The molecule has 1 aliphatic rings. The number of hydrogen-bond donors (Lipinski definition) is 1. The first-order chi connectivity index (χ1) is 8.27. The summed E-state index contributed by atoms with van der Waals surface area (Å²) in [7, 11) is 0. The maximum atomic E-state index is 13.5. The fraction of sp³-hybridized carbons (Fsp3) is 0.538. The van der Waals surface area contributed by atoms with Gasteiger partial charge in [0.25, 0.3) is 0 Å². The van der Waals surface area contributed by atoms with Crippen molar-refractivity contribution < 1.29 is 4.39 Å². The summed E-state index contributed by atoms with van der Waals surface area (Å²) in [6.45, 7) is 5.31. The Morgan fingerprint density at radius 2 is 2.06 bits per heavy atom. The number of benzene rings is 1. The van der Waals surface area contributed by atoms with Gasteiger partial charge >= 0.3 is 0 Å². The Bertz CT molecular complexity index is 344. The molecule has 0 bridgehead atoms. The average Bonchev–Trinajstić information content (AvgIpc) is 2.34. The lowest BCUT2D eigenvalue weighted by Gasteiger charge is -2.27. The van der Waals surface area contributed by atoms with E-state index in [9.17, 15) is 4.39 Å². The van der Waals surface area contributed by atoms with Gasteiger partial charge in [-0.15, -0.1) is 0 Å². The van der Waals surface area contributed by atoms with Crippen LogP contribution in [0.4, 0.5) is 4.39 Å². The molecule has 1 aromatic carbocycles. The summed E-state index contributed by atoms with van der Waals surface area (Å²) in [4.78, 5) is 2.41. The van der Waals surface area contributed by atoms with Crippen LogP contribution in [0.2, 0.25) is 5.02 Å². The molecule has 2 rings (SSSR count). The van der Waals surface area contributed by atoms with Crippen molar-refractivity contribution in [1.82, 2.24) is 10.2 Å². The second kappa shape index (κ2) is 6.34. The van der Waals surface area contributed by atoms with Gasteiger partial charge in [-0.3, -0.25) is 0 Å². The summed E-state index contributed by atoms with van der Waals surface area (Å²) in [6.07, 6.45) is 1.68. The molecular weight excluding hydrogens is 239 g/mol. The molecule has 0 spiro atoms. The topological polar surface area (TPSA) is 15.3 Å². The van der Waals surface area contributed by atoms with Crippen molar-refractivity contribution in [3.8, 4) is 0 Å². The molecule has 0 radical (unpaired) electrons. The van der Waals surface area contributed by atoms with Crippen LogP contribution in [0.5, 0.6) is 0 Å². The predicted octanol–water partition coefficient (Wildman–Crippen LogP) is 2.32. The van der Waals surface area contributed by atoms with Crippen LogP contribution >= 0.6 is 11.6 Å². The molecule has 1 saturated heterocycles. The van der Waals surface area contributed by atoms with Gasteiger partial charge in [-0.05, 0) is 31.5 Å². The van der Waals surface area contributed by atoms with Crippen molar-refractivity contribution in [3.05, 3.63) is 34.6 Å². The fourth-order valence-electron chi connectivity index (χ4n) is 2.19. The number of nitrogens with one attached hydrogen (secondary N) is 1. The first-order valence-corrected chi connectivity index (χ1v) is 6.51. The van der Waals surface area contributed by atoms with E-state index in [1.807, 2.05) is 0 Å². The standard InChI is InChI=1S/C13H18ClFN2/c14-12-4-1-5-13(15)11(12)3-2-8-17-9-6-16-7-10-17/h1,4-5,16H,2-3,6-10H2. The predicted molar refractivity (Wildman–Crippen MR) is 69.0 cm³/mol. The normalized spacial score (nSPS) is 17.3. The van der Waals surface area contributed by atoms with Crippen molar-refractivity contribution in [2.45, 2.75) is 12.8 Å². The maximum Gasteiger partial charge on any atom is 0.127 e. The van der Waals surface area contributed by atoms with E-state index in [2.05, 4.69) is 10.2 Å². The van der Waals surface area contributed by atoms with Crippen LogP contribution in [0.25, 0.3) is 0 Å². The van der Waals surface area contributed by atoms with Crippen LogP contribution in [0.15, 0.2) is 18.2 Å². The highest BCUT2D eigenvalue weighted by molar-refractivity contribution is 6.31. The lowest BCUT2D eigenvalue weighted by molar-refractivity contribution is 0.238. The van der Waals surface area contributed by atoms with E-state index in [0.29, 0.717) is 10.6 Å². The average molecular weight is 257 g/mol. The van der Waals surface area contributed by atoms with Crippen molar-refractivity contribution in [3.63, 3.8) is 0 Å². The molecule has 17 heavy (non-hydrogen) atoms. The Balaban J connectivity index is 1.81. The minimum atomic E-state index is -0.183. The van der Waals surface area contributed by atoms with E-state index < -0.39 is 0 Å². The molecule has 94 valence electrons. The monoisotopic (exact) mass is 256 g/mol. The van der Waals surface area contributed by atoms with Gasteiger partial charge in [0.1, 0.15) is 5.82 Å². The quantitative estimate of drug-likeness (QED) is 0.890. The second-order valence-corrected chi connectivity index (χ2v) is 4.80. The van der Waals surface area contributed by atoms with E-state index in [-0.39, 0.29) is 5.82 Å². The van der Waals surface area contributed by atoms with Crippen LogP contribution in [0.3, 0.4) is 0 Å². The number of nitrogens with zero attached hydrogens (tertiary/aromatic N) is 1. The number of hydrogen-bond acceptors (Lipinski definition) is 2. The van der Waals surface area contributed by atoms with Crippen LogP contribution in [-0.4, -0.2) is 37.6 Å². The zero-order valence-electron chi connectivity index (χ0n) is 9.88. The molecule has 1 heterocycles. The highest BCUT2D eigenvalue weighted by Gasteiger charge is 2.10. The third kappa shape index (κ3) is 3.66. The van der Waals surface area contributed by atoms with Gasteiger partial charge in [0.05, 0.1) is 0 Å². The number of halogens is 2. The van der Waals surface area contributed by atoms with Crippen LogP contribution in [-0.2, 0) is 6.42 Å². The fourth-order valence-corrected chi connectivity index (χ4v) is 2.44. The van der Waals surface area contributed by atoms with E-state index in [4.69, 9.17) is 11.6 Å². The molecule has 0 atom stereocenters. The first kappa shape index (κ1) is 12.8. The Kier molecular flexibility index (Phi) is 4.77. The third-order valence-corrected chi connectivity index (χ3v) is 3.53. The summed E-state index contributed by atoms with van der Waals surface area (Å²) in [5.41, 5.74) is 0.657. The lowest BCUT2D eigenvalue weighted by atomic mass is 10.1. The van der Waals surface area contributed by atoms with Gasteiger partial charge in [-0.1, -0.05) is 17.7 Å². The molecule has 0 unspecified atom stereocenters. The highest BCUT2D eigenvalue weighted by Crippen LogP contribution is 2.20. The van der Waals surface area contributed by atoms with Crippen molar-refractivity contribution in [2.24, 2.45) is 0 Å². The van der Waals surface area contributed by atoms with Gasteiger partial charge in [0, 0.05) is 36.8 Å². The van der Waals surface area contributed by atoms with Crippen molar-refractivity contribution in [2.75, 3.05) is 32.7 Å². The summed E-state index contributed by atoms with van der Waals surface area (Å²) in [5.74, 6) is -0.183. The SMILES string of the molecule is Fc1cccc(Cl)c1CCCN1CCNCC1. The maximum absolute atomic E-state index is 13.5. The molecule has 2 nitrogen and oxygen atoms in total. The first-order valence-electron chi connectivity index (χ1n) is 6.13. The molecule has 0 amide bonds. The van der Waals surface area contributed by atoms with E-state index >= 15 is 0 Å². The summed E-state index contributed by atoms with van der Waals surface area (Å²) in [6, 6.07) is 4.88. The van der Waals surface area contributed by atoms with Gasteiger partial charge < -0.3 is 10.2 Å². The molecule has 4 heteroatoms. The Morgan fingerprint density at radius 1 is 1.29 bits per heavy atom. The van der Waals surface area contributed by atoms with Crippen molar-refractivity contribution in [1.29, 1.82) is 0 Å². The largest absolute Gasteiger partial charge is 0.314 e. The Morgan fingerprint density at radius 3 is 2.76 bits per heavy atom. The molecular formula is C13H18ClFN2. The summed E-state index contributed by atoms with van der Waals surface area (Å²) >= 11 is 5.99. The van der Waals surface area contributed by atoms with Crippen molar-refractivity contribution >= 4 is 11.6 Å². The zero-order chi connectivity index (χ0) is 12.1. The molecule has 0 saturated carbocycles. The molecule has 1 aliphatic heterocycles. The van der Waals surface area contributed by atoms with Gasteiger partial charge in [-0.2, -0.15) is 0 Å². The van der Waals surface area contributed by atoms with E-state index in [1.165, 1.54) is 6.07 Å². The van der Waals surface area contributed by atoms with Crippen LogP contribution in [0, 0.1) is 5.82 Å². The summed E-state index contributed by atoms with van der Waals surface area (Å²) in [5, 5.41) is 3.86. The Hall–Kier alpha value is -0.640. The zero-order valence-corrected chi connectivity index (χ0v) is 10.6. The number of rotatable bonds is 4. The Labute approximate surface area is 107 Å². The lowest BCUT2D eigenvalue weighted by Crippen LogP contribution is -2.43. The third-order valence-electron chi connectivity index (χ3n) is 3.17. The van der Waals surface area contributed by atoms with Gasteiger partial charge in [-0.25, -0.2) is 4.39 Å². The molecule has 1 fully saturated rings. The molecule has 1 N–H and O–H groups in total. The molecule has 1 aromatic rings. The van der Waals surface area contributed by atoms with Gasteiger partial charge in [0.2, 0.25) is 0 Å².